The Kier molecular flexibility index (Phi) is 6.68. The number of carbonyl (C=O) groups is 2. The third kappa shape index (κ3) is 5.03. The molecule has 2 aromatic rings. The van der Waals surface area contributed by atoms with Crippen molar-refractivity contribution in [2.24, 2.45) is 5.92 Å². The Morgan fingerprint density at radius 3 is 2.69 bits per heavy atom. The summed E-state index contributed by atoms with van der Waals surface area (Å²) in [6.45, 7) is 3.04. The van der Waals surface area contributed by atoms with Crippen molar-refractivity contribution in [1.82, 2.24) is 10.2 Å². The van der Waals surface area contributed by atoms with Crippen molar-refractivity contribution < 1.29 is 9.59 Å². The number of benzene rings is 1. The van der Waals surface area contributed by atoms with E-state index in [1.54, 1.807) is 30.5 Å². The molecule has 1 aliphatic carbocycles. The molecular weight excluding hydrogens is 384 g/mol. The average Bonchev–Trinajstić information content (AvgIpc) is 3.03. The SMILES string of the molecule is CNC(=O)c1ccc(CN(C)CC(=O)Nc2sc3c(c2C#N)CC[C@@H](C)C3)cc1. The van der Waals surface area contributed by atoms with Crippen LogP contribution in [-0.2, 0) is 24.2 Å². The largest absolute Gasteiger partial charge is 0.355 e. The second-order valence-electron chi connectivity index (χ2n) is 7.66. The summed E-state index contributed by atoms with van der Waals surface area (Å²) in [7, 11) is 3.48. The highest BCUT2D eigenvalue weighted by molar-refractivity contribution is 7.16. The van der Waals surface area contributed by atoms with Crippen molar-refractivity contribution in [1.29, 1.82) is 5.26 Å². The summed E-state index contributed by atoms with van der Waals surface area (Å²) in [5.41, 5.74) is 3.39. The molecule has 1 aliphatic rings. The number of rotatable bonds is 6. The molecule has 1 atom stereocenters. The van der Waals surface area contributed by atoms with Crippen LogP contribution in [0.5, 0.6) is 0 Å². The van der Waals surface area contributed by atoms with E-state index in [9.17, 15) is 14.9 Å². The fourth-order valence-corrected chi connectivity index (χ4v) is 5.02. The summed E-state index contributed by atoms with van der Waals surface area (Å²) >= 11 is 1.55. The van der Waals surface area contributed by atoms with Crippen molar-refractivity contribution >= 4 is 28.2 Å². The van der Waals surface area contributed by atoms with Gasteiger partial charge in [0.15, 0.2) is 0 Å². The lowest BCUT2D eigenvalue weighted by Gasteiger charge is -2.17. The van der Waals surface area contributed by atoms with Gasteiger partial charge in [-0.15, -0.1) is 11.3 Å². The Morgan fingerprint density at radius 2 is 2.03 bits per heavy atom. The van der Waals surface area contributed by atoms with Gasteiger partial charge in [0.1, 0.15) is 11.1 Å². The van der Waals surface area contributed by atoms with Crippen LogP contribution in [0, 0.1) is 17.2 Å². The van der Waals surface area contributed by atoms with Crippen molar-refractivity contribution in [2.45, 2.75) is 32.7 Å². The Balaban J connectivity index is 1.59. The molecule has 2 N–H and O–H groups in total. The summed E-state index contributed by atoms with van der Waals surface area (Å²) in [5.74, 6) is 0.375. The van der Waals surface area contributed by atoms with Gasteiger partial charge in [0, 0.05) is 24.0 Å². The minimum absolute atomic E-state index is 0.120. The molecule has 7 heteroatoms. The number of nitriles is 1. The summed E-state index contributed by atoms with van der Waals surface area (Å²) in [5, 5.41) is 15.8. The molecule has 29 heavy (non-hydrogen) atoms. The quantitative estimate of drug-likeness (QED) is 0.766. The van der Waals surface area contributed by atoms with Crippen molar-refractivity contribution in [3.05, 3.63) is 51.4 Å². The Morgan fingerprint density at radius 1 is 1.31 bits per heavy atom. The fraction of sp³-hybridized carbons (Fsp3) is 0.409. The number of hydrogen-bond acceptors (Lipinski definition) is 5. The molecule has 0 radical (unpaired) electrons. The zero-order chi connectivity index (χ0) is 21.0. The highest BCUT2D eigenvalue weighted by Crippen LogP contribution is 2.39. The molecule has 3 rings (SSSR count). The molecule has 6 nitrogen and oxygen atoms in total. The zero-order valence-electron chi connectivity index (χ0n) is 17.0. The highest BCUT2D eigenvalue weighted by Gasteiger charge is 2.24. The number of thiophene rings is 1. The second-order valence-corrected chi connectivity index (χ2v) is 8.77. The highest BCUT2D eigenvalue weighted by atomic mass is 32.1. The van der Waals surface area contributed by atoms with E-state index < -0.39 is 0 Å². The monoisotopic (exact) mass is 410 g/mol. The molecule has 2 amide bonds. The van der Waals surface area contributed by atoms with Crippen LogP contribution in [0.25, 0.3) is 0 Å². The van der Waals surface area contributed by atoms with Crippen LogP contribution in [-0.4, -0.2) is 37.4 Å². The molecule has 0 aliphatic heterocycles. The predicted molar refractivity (Wildman–Crippen MR) is 115 cm³/mol. The van der Waals surface area contributed by atoms with E-state index in [0.717, 1.165) is 30.4 Å². The minimum Gasteiger partial charge on any atom is -0.355 e. The summed E-state index contributed by atoms with van der Waals surface area (Å²) in [4.78, 5) is 27.3. The van der Waals surface area contributed by atoms with Crippen LogP contribution in [0.15, 0.2) is 24.3 Å². The molecule has 1 heterocycles. The molecule has 0 bridgehead atoms. The lowest BCUT2D eigenvalue weighted by Crippen LogP contribution is -2.29. The predicted octanol–water partition coefficient (Wildman–Crippen LogP) is 3.17. The second kappa shape index (κ2) is 9.21. The van der Waals surface area contributed by atoms with Crippen molar-refractivity contribution in [3.63, 3.8) is 0 Å². The first kappa shape index (κ1) is 21.0. The summed E-state index contributed by atoms with van der Waals surface area (Å²) in [6, 6.07) is 9.62. The molecule has 0 fully saturated rings. The number of nitrogens with zero attached hydrogens (tertiary/aromatic N) is 2. The normalized spacial score (nSPS) is 15.5. The number of likely N-dealkylation sites (N-methyl/N-ethyl adjacent to an activating group) is 1. The lowest BCUT2D eigenvalue weighted by atomic mass is 9.89. The Labute approximate surface area is 175 Å². The zero-order valence-corrected chi connectivity index (χ0v) is 17.9. The van der Waals surface area contributed by atoms with E-state index in [2.05, 4.69) is 23.6 Å². The smallest absolute Gasteiger partial charge is 0.251 e. The van der Waals surface area contributed by atoms with Crippen LogP contribution < -0.4 is 10.6 Å². The van der Waals surface area contributed by atoms with Gasteiger partial charge < -0.3 is 10.6 Å². The number of hydrogen-bond donors (Lipinski definition) is 2. The van der Waals surface area contributed by atoms with E-state index in [0.29, 0.717) is 28.6 Å². The maximum absolute atomic E-state index is 12.5. The van der Waals surface area contributed by atoms with Gasteiger partial charge in [-0.3, -0.25) is 14.5 Å². The van der Waals surface area contributed by atoms with E-state index in [-0.39, 0.29) is 18.4 Å². The van der Waals surface area contributed by atoms with Crippen LogP contribution >= 0.6 is 11.3 Å². The summed E-state index contributed by atoms with van der Waals surface area (Å²) < 4.78 is 0. The van der Waals surface area contributed by atoms with E-state index in [1.165, 1.54) is 4.88 Å². The maximum atomic E-state index is 12.5. The Hall–Kier alpha value is -2.69. The Bertz CT molecular complexity index is 943. The number of nitrogens with one attached hydrogen (secondary N) is 2. The topological polar surface area (TPSA) is 85.2 Å². The van der Waals surface area contributed by atoms with Crippen LogP contribution in [0.2, 0.25) is 0 Å². The lowest BCUT2D eigenvalue weighted by molar-refractivity contribution is -0.117. The standard InChI is InChI=1S/C22H26N4O2S/c1-14-4-9-17-18(11-23)22(29-19(17)10-14)25-20(27)13-26(3)12-15-5-7-16(8-6-15)21(28)24-2/h5-8,14H,4,9-10,12-13H2,1-3H3,(H,24,28)(H,25,27)/t14-/m1/s1. The van der Waals surface area contributed by atoms with Gasteiger partial charge in [-0.2, -0.15) is 5.26 Å². The molecule has 0 saturated heterocycles. The first-order chi connectivity index (χ1) is 13.9. The van der Waals surface area contributed by atoms with Gasteiger partial charge in [-0.1, -0.05) is 19.1 Å². The number of fused-ring (bicyclic) bond motifs is 1. The molecule has 0 saturated carbocycles. The van der Waals surface area contributed by atoms with Crippen molar-refractivity contribution in [3.8, 4) is 6.07 Å². The third-order valence-corrected chi connectivity index (χ3v) is 6.36. The van der Waals surface area contributed by atoms with Crippen LogP contribution in [0.1, 0.15) is 45.3 Å². The van der Waals surface area contributed by atoms with Gasteiger partial charge in [0.25, 0.3) is 5.91 Å². The van der Waals surface area contributed by atoms with Crippen LogP contribution in [0.3, 0.4) is 0 Å². The molecule has 1 aromatic carbocycles. The van der Waals surface area contributed by atoms with Crippen LogP contribution in [0.4, 0.5) is 5.00 Å². The number of carbonyl (C=O) groups excluding carboxylic acids is 2. The van der Waals surface area contributed by atoms with Gasteiger partial charge in [0.2, 0.25) is 5.91 Å². The van der Waals surface area contributed by atoms with E-state index >= 15 is 0 Å². The first-order valence-corrected chi connectivity index (χ1v) is 10.6. The average molecular weight is 411 g/mol. The molecule has 152 valence electrons. The van der Waals surface area contributed by atoms with E-state index in [4.69, 9.17) is 0 Å². The summed E-state index contributed by atoms with van der Waals surface area (Å²) in [6.07, 6.45) is 2.99. The molecule has 1 aromatic heterocycles. The van der Waals surface area contributed by atoms with Gasteiger partial charge in [-0.25, -0.2) is 0 Å². The first-order valence-electron chi connectivity index (χ1n) is 9.75. The number of amides is 2. The van der Waals surface area contributed by atoms with Gasteiger partial charge >= 0.3 is 0 Å². The fourth-order valence-electron chi connectivity index (χ4n) is 3.64. The maximum Gasteiger partial charge on any atom is 0.251 e. The molecular formula is C22H26N4O2S. The van der Waals surface area contributed by atoms with Gasteiger partial charge in [-0.05, 0) is 55.5 Å². The third-order valence-electron chi connectivity index (χ3n) is 5.19. The molecule has 0 unspecified atom stereocenters. The van der Waals surface area contributed by atoms with E-state index in [1.807, 2.05) is 24.1 Å². The van der Waals surface area contributed by atoms with Gasteiger partial charge in [0.05, 0.1) is 12.1 Å². The number of anilines is 1. The van der Waals surface area contributed by atoms with Crippen molar-refractivity contribution in [2.75, 3.05) is 26.0 Å². The molecule has 0 spiro atoms. The minimum atomic E-state index is -0.127.